The normalized spacial score (nSPS) is 18.1. The predicted octanol–water partition coefficient (Wildman–Crippen LogP) is 0.204. The first-order valence-electron chi connectivity index (χ1n) is 5.89. The summed E-state index contributed by atoms with van der Waals surface area (Å²) in [5, 5.41) is 2.96. The van der Waals surface area contributed by atoms with E-state index in [9.17, 15) is 8.42 Å². The van der Waals surface area contributed by atoms with Crippen molar-refractivity contribution in [1.29, 1.82) is 0 Å². The number of rotatable bonds is 7. The van der Waals surface area contributed by atoms with Crippen LogP contribution in [0.1, 0.15) is 12.8 Å². The van der Waals surface area contributed by atoms with Crippen molar-refractivity contribution >= 4 is 10.0 Å². The Hall–Kier alpha value is -0.430. The first kappa shape index (κ1) is 14.6. The first-order chi connectivity index (χ1) is 8.10. The summed E-state index contributed by atoms with van der Waals surface area (Å²) in [4.78, 5) is 0. The molecule has 0 saturated carbocycles. The van der Waals surface area contributed by atoms with Crippen molar-refractivity contribution in [3.63, 3.8) is 0 Å². The van der Waals surface area contributed by atoms with Gasteiger partial charge in [0, 0.05) is 20.2 Å². The molecule has 5 nitrogen and oxygen atoms in total. The highest BCUT2D eigenvalue weighted by Crippen LogP contribution is 2.14. The summed E-state index contributed by atoms with van der Waals surface area (Å²) >= 11 is 0. The highest BCUT2D eigenvalue weighted by molar-refractivity contribution is 7.89. The third kappa shape index (κ3) is 4.75. The van der Waals surface area contributed by atoms with Crippen LogP contribution in [0.15, 0.2) is 11.6 Å². The van der Waals surface area contributed by atoms with Gasteiger partial charge >= 0.3 is 0 Å². The van der Waals surface area contributed by atoms with Crippen molar-refractivity contribution in [1.82, 2.24) is 9.62 Å². The van der Waals surface area contributed by atoms with Crippen molar-refractivity contribution in [2.45, 2.75) is 12.8 Å². The van der Waals surface area contributed by atoms with E-state index in [4.69, 9.17) is 4.74 Å². The van der Waals surface area contributed by atoms with E-state index in [-0.39, 0.29) is 5.75 Å². The largest absolute Gasteiger partial charge is 0.380 e. The second-order valence-electron chi connectivity index (χ2n) is 4.18. The van der Waals surface area contributed by atoms with E-state index < -0.39 is 10.0 Å². The van der Waals surface area contributed by atoms with Gasteiger partial charge in [-0.2, -0.15) is 4.31 Å². The van der Waals surface area contributed by atoms with Gasteiger partial charge in [-0.15, -0.1) is 0 Å². The van der Waals surface area contributed by atoms with Crippen LogP contribution in [-0.2, 0) is 14.8 Å². The van der Waals surface area contributed by atoms with Crippen LogP contribution in [0.3, 0.4) is 0 Å². The lowest BCUT2D eigenvalue weighted by molar-refractivity contribution is 0.219. The Bertz CT molecular complexity index is 352. The lowest BCUT2D eigenvalue weighted by Crippen LogP contribution is -2.37. The molecule has 0 aromatic carbocycles. The zero-order valence-corrected chi connectivity index (χ0v) is 11.4. The Morgan fingerprint density at radius 1 is 1.53 bits per heavy atom. The summed E-state index contributed by atoms with van der Waals surface area (Å²) in [6.45, 7) is 2.41. The summed E-state index contributed by atoms with van der Waals surface area (Å²) in [6.07, 6.45) is 3.39. The molecule has 0 unspecified atom stereocenters. The minimum absolute atomic E-state index is 0.224. The van der Waals surface area contributed by atoms with E-state index in [1.807, 2.05) is 13.1 Å². The number of hydrogen-bond acceptors (Lipinski definition) is 4. The lowest BCUT2D eigenvalue weighted by atomic mass is 10.1. The molecule has 100 valence electrons. The highest BCUT2D eigenvalue weighted by atomic mass is 32.2. The maximum atomic E-state index is 12.0. The van der Waals surface area contributed by atoms with Crippen LogP contribution in [0.4, 0.5) is 0 Å². The second kappa shape index (κ2) is 7.10. The molecular formula is C11H22N2O3S. The van der Waals surface area contributed by atoms with Crippen LogP contribution in [0.2, 0.25) is 0 Å². The molecule has 1 aliphatic heterocycles. The summed E-state index contributed by atoms with van der Waals surface area (Å²) in [5.74, 6) is 0.224. The van der Waals surface area contributed by atoms with Gasteiger partial charge in [-0.25, -0.2) is 8.42 Å². The molecule has 0 amide bonds. The van der Waals surface area contributed by atoms with Gasteiger partial charge in [0.25, 0.3) is 0 Å². The molecule has 0 spiro atoms. The maximum absolute atomic E-state index is 12.0. The SMILES string of the molecule is CNCCCS(=O)(=O)N1CC=C(COC)CC1. The third-order valence-corrected chi connectivity index (χ3v) is 4.74. The summed E-state index contributed by atoms with van der Waals surface area (Å²) in [5.41, 5.74) is 1.19. The maximum Gasteiger partial charge on any atom is 0.214 e. The fourth-order valence-electron chi connectivity index (χ4n) is 1.82. The Labute approximate surface area is 104 Å². The average molecular weight is 262 g/mol. The van der Waals surface area contributed by atoms with Gasteiger partial charge in [-0.3, -0.25) is 0 Å². The zero-order valence-electron chi connectivity index (χ0n) is 10.6. The van der Waals surface area contributed by atoms with Gasteiger partial charge in [0.2, 0.25) is 10.0 Å². The highest BCUT2D eigenvalue weighted by Gasteiger charge is 2.23. The van der Waals surface area contributed by atoms with Gasteiger partial charge in [-0.05, 0) is 32.0 Å². The summed E-state index contributed by atoms with van der Waals surface area (Å²) < 4.78 is 30.5. The molecule has 0 saturated heterocycles. The molecule has 1 N–H and O–H groups in total. The molecule has 0 fully saturated rings. The van der Waals surface area contributed by atoms with E-state index >= 15 is 0 Å². The molecule has 0 aliphatic carbocycles. The van der Waals surface area contributed by atoms with Crippen molar-refractivity contribution in [3.8, 4) is 0 Å². The standard InChI is InChI=1S/C11H22N2O3S/c1-12-6-3-9-17(14,15)13-7-4-11(5-8-13)10-16-2/h4,12H,3,5-10H2,1-2H3. The molecule has 6 heteroatoms. The first-order valence-corrected chi connectivity index (χ1v) is 7.50. The van der Waals surface area contributed by atoms with Crippen molar-refractivity contribution in [3.05, 3.63) is 11.6 Å². The van der Waals surface area contributed by atoms with Crippen molar-refractivity contribution in [2.24, 2.45) is 0 Å². The molecule has 0 bridgehead atoms. The molecule has 1 heterocycles. The number of nitrogens with one attached hydrogen (secondary N) is 1. The zero-order chi connectivity index (χ0) is 12.7. The van der Waals surface area contributed by atoms with E-state index in [0.29, 0.717) is 26.1 Å². The monoisotopic (exact) mass is 262 g/mol. The molecule has 0 aromatic rings. The van der Waals surface area contributed by atoms with E-state index in [1.165, 1.54) is 5.57 Å². The Kier molecular flexibility index (Phi) is 6.11. The van der Waals surface area contributed by atoms with Gasteiger partial charge in [0.15, 0.2) is 0 Å². The van der Waals surface area contributed by atoms with Crippen LogP contribution in [0, 0.1) is 0 Å². The Morgan fingerprint density at radius 2 is 2.29 bits per heavy atom. The van der Waals surface area contributed by atoms with Crippen molar-refractivity contribution in [2.75, 3.05) is 46.2 Å². The lowest BCUT2D eigenvalue weighted by Gasteiger charge is -2.25. The number of ether oxygens (including phenoxy) is 1. The third-order valence-electron chi connectivity index (χ3n) is 2.82. The molecule has 0 radical (unpaired) electrons. The fraction of sp³-hybridized carbons (Fsp3) is 0.818. The van der Waals surface area contributed by atoms with E-state index in [2.05, 4.69) is 5.32 Å². The van der Waals surface area contributed by atoms with Crippen molar-refractivity contribution < 1.29 is 13.2 Å². The van der Waals surface area contributed by atoms with Crippen LogP contribution in [-0.4, -0.2) is 58.9 Å². The van der Waals surface area contributed by atoms with E-state index in [0.717, 1.165) is 13.0 Å². The molecule has 0 aromatic heterocycles. The fourth-order valence-corrected chi connectivity index (χ4v) is 3.26. The predicted molar refractivity (Wildman–Crippen MR) is 68.5 cm³/mol. The second-order valence-corrected chi connectivity index (χ2v) is 6.26. The number of sulfonamides is 1. The summed E-state index contributed by atoms with van der Waals surface area (Å²) in [6, 6.07) is 0. The topological polar surface area (TPSA) is 58.6 Å². The molecule has 1 aliphatic rings. The average Bonchev–Trinajstić information content (AvgIpc) is 2.30. The Balaban J connectivity index is 2.46. The van der Waals surface area contributed by atoms with Crippen LogP contribution < -0.4 is 5.32 Å². The van der Waals surface area contributed by atoms with Crippen LogP contribution >= 0.6 is 0 Å². The van der Waals surface area contributed by atoms with Gasteiger partial charge in [-0.1, -0.05) is 6.08 Å². The number of methoxy groups -OCH3 is 1. The van der Waals surface area contributed by atoms with Gasteiger partial charge in [0.1, 0.15) is 0 Å². The Morgan fingerprint density at radius 3 is 2.82 bits per heavy atom. The molecule has 0 atom stereocenters. The smallest absolute Gasteiger partial charge is 0.214 e. The minimum Gasteiger partial charge on any atom is -0.380 e. The van der Waals surface area contributed by atoms with E-state index in [1.54, 1.807) is 11.4 Å². The molecular weight excluding hydrogens is 240 g/mol. The number of nitrogens with zero attached hydrogens (tertiary/aromatic N) is 1. The summed E-state index contributed by atoms with van der Waals surface area (Å²) in [7, 11) is 0.395. The quantitative estimate of drug-likeness (QED) is 0.526. The van der Waals surface area contributed by atoms with Gasteiger partial charge < -0.3 is 10.1 Å². The molecule has 1 rings (SSSR count). The van der Waals surface area contributed by atoms with Crippen LogP contribution in [0.5, 0.6) is 0 Å². The number of hydrogen-bond donors (Lipinski definition) is 1. The minimum atomic E-state index is -3.09. The van der Waals surface area contributed by atoms with Crippen LogP contribution in [0.25, 0.3) is 0 Å². The van der Waals surface area contributed by atoms with Gasteiger partial charge in [0.05, 0.1) is 12.4 Å². The molecule has 17 heavy (non-hydrogen) atoms.